The lowest BCUT2D eigenvalue weighted by atomic mass is 9.79. The molecule has 1 heteroatoms. The Labute approximate surface area is 86.7 Å². The molecular weight excluding hydrogens is 170 g/mol. The van der Waals surface area contributed by atoms with Gasteiger partial charge < -0.3 is 4.90 Å². The van der Waals surface area contributed by atoms with Gasteiger partial charge in [-0.15, -0.1) is 0 Å². The number of rotatable bonds is 0. The van der Waals surface area contributed by atoms with Gasteiger partial charge >= 0.3 is 0 Å². The minimum absolute atomic E-state index is 0.273. The van der Waals surface area contributed by atoms with Gasteiger partial charge in [0.05, 0.1) is 0 Å². The standard InChI is InChI=1S/C13H19N/c1-9-7-6-8-11-12(9)13(3,4)10(2)14(11)5/h6-8,10H,1-5H3. The van der Waals surface area contributed by atoms with Crippen LogP contribution in [-0.2, 0) is 5.41 Å². The Morgan fingerprint density at radius 2 is 1.93 bits per heavy atom. The summed E-state index contributed by atoms with van der Waals surface area (Å²) in [6, 6.07) is 7.18. The third-order valence-electron chi connectivity index (χ3n) is 3.90. The number of aryl methyl sites for hydroxylation is 1. The molecule has 1 aliphatic rings. The zero-order valence-corrected chi connectivity index (χ0v) is 9.76. The third kappa shape index (κ3) is 1.01. The quantitative estimate of drug-likeness (QED) is 0.606. The van der Waals surface area contributed by atoms with E-state index >= 15 is 0 Å². The molecule has 2 rings (SSSR count). The number of anilines is 1. The van der Waals surface area contributed by atoms with Gasteiger partial charge in [-0.25, -0.2) is 0 Å². The molecule has 0 radical (unpaired) electrons. The largest absolute Gasteiger partial charge is 0.371 e. The lowest BCUT2D eigenvalue weighted by molar-refractivity contribution is 0.452. The molecule has 0 fully saturated rings. The van der Waals surface area contributed by atoms with E-state index in [1.165, 1.54) is 16.8 Å². The Kier molecular flexibility index (Phi) is 1.88. The zero-order chi connectivity index (χ0) is 10.5. The molecule has 76 valence electrons. The van der Waals surface area contributed by atoms with Crippen molar-refractivity contribution >= 4 is 5.69 Å². The number of fused-ring (bicyclic) bond motifs is 1. The third-order valence-corrected chi connectivity index (χ3v) is 3.90. The zero-order valence-electron chi connectivity index (χ0n) is 9.76. The summed E-state index contributed by atoms with van der Waals surface area (Å²) in [5.41, 5.74) is 4.62. The van der Waals surface area contributed by atoms with Crippen LogP contribution in [0.2, 0.25) is 0 Å². The average molecular weight is 189 g/mol. The van der Waals surface area contributed by atoms with E-state index < -0.39 is 0 Å². The van der Waals surface area contributed by atoms with Crippen molar-refractivity contribution in [1.29, 1.82) is 0 Å². The Hall–Kier alpha value is -0.980. The normalized spacial score (nSPS) is 23.8. The van der Waals surface area contributed by atoms with Crippen LogP contribution < -0.4 is 4.90 Å². The number of likely N-dealkylation sites (N-methyl/N-ethyl adjacent to an activating group) is 1. The summed E-state index contributed by atoms with van der Waals surface area (Å²) in [6.45, 7) is 9.20. The second kappa shape index (κ2) is 2.75. The molecule has 1 heterocycles. The van der Waals surface area contributed by atoms with Crippen LogP contribution in [0.4, 0.5) is 5.69 Å². The molecule has 1 aliphatic heterocycles. The highest BCUT2D eigenvalue weighted by Gasteiger charge is 2.40. The lowest BCUT2D eigenvalue weighted by Gasteiger charge is -2.29. The predicted octanol–water partition coefficient (Wildman–Crippen LogP) is 3.11. The molecular formula is C13H19N. The summed E-state index contributed by atoms with van der Waals surface area (Å²) in [4.78, 5) is 2.39. The molecule has 0 N–H and O–H groups in total. The highest BCUT2D eigenvalue weighted by atomic mass is 15.2. The van der Waals surface area contributed by atoms with E-state index in [9.17, 15) is 0 Å². The van der Waals surface area contributed by atoms with Crippen molar-refractivity contribution in [3.05, 3.63) is 29.3 Å². The van der Waals surface area contributed by atoms with Crippen LogP contribution in [0.3, 0.4) is 0 Å². The number of hydrogen-bond donors (Lipinski definition) is 0. The number of nitrogens with zero attached hydrogens (tertiary/aromatic N) is 1. The van der Waals surface area contributed by atoms with Crippen molar-refractivity contribution in [1.82, 2.24) is 0 Å². The highest BCUT2D eigenvalue weighted by Crippen LogP contribution is 2.45. The van der Waals surface area contributed by atoms with Crippen molar-refractivity contribution in [2.45, 2.75) is 39.2 Å². The minimum atomic E-state index is 0.273. The molecule has 0 bridgehead atoms. The van der Waals surface area contributed by atoms with Gasteiger partial charge in [-0.2, -0.15) is 0 Å². The van der Waals surface area contributed by atoms with Gasteiger partial charge in [0.25, 0.3) is 0 Å². The van der Waals surface area contributed by atoms with E-state index in [0.29, 0.717) is 6.04 Å². The molecule has 1 aromatic carbocycles. The van der Waals surface area contributed by atoms with Gasteiger partial charge in [0, 0.05) is 24.2 Å². The van der Waals surface area contributed by atoms with Crippen molar-refractivity contribution in [3.63, 3.8) is 0 Å². The molecule has 0 saturated carbocycles. The molecule has 1 aromatic rings. The molecule has 1 unspecified atom stereocenters. The number of benzene rings is 1. The first-order valence-electron chi connectivity index (χ1n) is 5.29. The van der Waals surface area contributed by atoms with E-state index in [2.05, 4.69) is 57.8 Å². The summed E-state index contributed by atoms with van der Waals surface area (Å²) in [6.07, 6.45) is 0. The second-order valence-corrected chi connectivity index (χ2v) is 4.98. The summed E-state index contributed by atoms with van der Waals surface area (Å²) >= 11 is 0. The Balaban J connectivity index is 2.69. The number of hydrogen-bond acceptors (Lipinski definition) is 1. The van der Waals surface area contributed by atoms with Crippen LogP contribution in [0.5, 0.6) is 0 Å². The lowest BCUT2D eigenvalue weighted by Crippen LogP contribution is -2.36. The van der Waals surface area contributed by atoms with Crippen LogP contribution in [0.15, 0.2) is 18.2 Å². The van der Waals surface area contributed by atoms with E-state index in [-0.39, 0.29) is 5.41 Å². The predicted molar refractivity (Wildman–Crippen MR) is 62.1 cm³/mol. The molecule has 1 atom stereocenters. The summed E-state index contributed by atoms with van der Waals surface area (Å²) in [5.74, 6) is 0. The van der Waals surface area contributed by atoms with Gasteiger partial charge in [-0.05, 0) is 31.0 Å². The van der Waals surface area contributed by atoms with Crippen LogP contribution in [0.25, 0.3) is 0 Å². The minimum Gasteiger partial charge on any atom is -0.371 e. The SMILES string of the molecule is Cc1cccc2c1C(C)(C)C(C)N2C. The molecule has 0 amide bonds. The molecule has 0 spiro atoms. The van der Waals surface area contributed by atoms with Gasteiger partial charge in [-0.3, -0.25) is 0 Å². The smallest absolute Gasteiger partial charge is 0.0407 e. The average Bonchev–Trinajstić information content (AvgIpc) is 2.29. The maximum Gasteiger partial charge on any atom is 0.0407 e. The summed E-state index contributed by atoms with van der Waals surface area (Å²) < 4.78 is 0. The van der Waals surface area contributed by atoms with E-state index in [1.807, 2.05) is 0 Å². The van der Waals surface area contributed by atoms with Gasteiger partial charge in [0.2, 0.25) is 0 Å². The summed E-state index contributed by atoms with van der Waals surface area (Å²) in [7, 11) is 2.19. The van der Waals surface area contributed by atoms with Crippen molar-refractivity contribution in [2.24, 2.45) is 0 Å². The fraction of sp³-hybridized carbons (Fsp3) is 0.538. The summed E-state index contributed by atoms with van der Waals surface area (Å²) in [5, 5.41) is 0. The molecule has 0 saturated heterocycles. The maximum atomic E-state index is 2.39. The molecule has 14 heavy (non-hydrogen) atoms. The van der Waals surface area contributed by atoms with Crippen LogP contribution in [-0.4, -0.2) is 13.1 Å². The van der Waals surface area contributed by atoms with Gasteiger partial charge in [-0.1, -0.05) is 26.0 Å². The van der Waals surface area contributed by atoms with E-state index in [4.69, 9.17) is 0 Å². The van der Waals surface area contributed by atoms with Crippen LogP contribution in [0.1, 0.15) is 31.9 Å². The van der Waals surface area contributed by atoms with Gasteiger partial charge in [0.1, 0.15) is 0 Å². The van der Waals surface area contributed by atoms with Crippen LogP contribution >= 0.6 is 0 Å². The Morgan fingerprint density at radius 3 is 2.50 bits per heavy atom. The first-order chi connectivity index (χ1) is 6.46. The van der Waals surface area contributed by atoms with Gasteiger partial charge in [0.15, 0.2) is 0 Å². The fourth-order valence-corrected chi connectivity index (χ4v) is 2.69. The Morgan fingerprint density at radius 1 is 1.29 bits per heavy atom. The topological polar surface area (TPSA) is 3.24 Å². The molecule has 0 aliphatic carbocycles. The van der Waals surface area contributed by atoms with E-state index in [1.54, 1.807) is 0 Å². The van der Waals surface area contributed by atoms with Crippen LogP contribution in [0, 0.1) is 6.92 Å². The monoisotopic (exact) mass is 189 g/mol. The maximum absolute atomic E-state index is 2.39. The van der Waals surface area contributed by atoms with Crippen molar-refractivity contribution in [3.8, 4) is 0 Å². The second-order valence-electron chi connectivity index (χ2n) is 4.98. The van der Waals surface area contributed by atoms with E-state index in [0.717, 1.165) is 0 Å². The van der Waals surface area contributed by atoms with Crippen molar-refractivity contribution < 1.29 is 0 Å². The first kappa shape index (κ1) is 9.57. The molecule has 0 aromatic heterocycles. The first-order valence-corrected chi connectivity index (χ1v) is 5.29. The Bertz CT molecular complexity index is 365. The highest BCUT2D eigenvalue weighted by molar-refractivity contribution is 5.65. The fourth-order valence-electron chi connectivity index (χ4n) is 2.69. The molecule has 1 nitrogen and oxygen atoms in total. The van der Waals surface area contributed by atoms with Crippen molar-refractivity contribution in [2.75, 3.05) is 11.9 Å².